The van der Waals surface area contributed by atoms with E-state index in [-0.39, 0.29) is 11.9 Å². The molecule has 1 aliphatic heterocycles. The van der Waals surface area contributed by atoms with Crippen LogP contribution >= 0.6 is 0 Å². The second kappa shape index (κ2) is 8.99. The lowest BCUT2D eigenvalue weighted by atomic mass is 10.0. The number of rotatable bonds is 7. The summed E-state index contributed by atoms with van der Waals surface area (Å²) in [5.41, 5.74) is 6.89. The highest BCUT2D eigenvalue weighted by atomic mass is 16.2. The van der Waals surface area contributed by atoms with Crippen LogP contribution in [-0.4, -0.2) is 59.5 Å². The van der Waals surface area contributed by atoms with Crippen LogP contribution in [0.3, 0.4) is 0 Å². The van der Waals surface area contributed by atoms with E-state index in [4.69, 9.17) is 5.73 Å². The van der Waals surface area contributed by atoms with Gasteiger partial charge in [-0.15, -0.1) is 0 Å². The largest absolute Gasteiger partial charge is 0.343 e. The van der Waals surface area contributed by atoms with Crippen molar-refractivity contribution in [1.29, 1.82) is 0 Å². The lowest BCUT2D eigenvalue weighted by Gasteiger charge is -2.37. The zero-order valence-corrected chi connectivity index (χ0v) is 14.4. The number of hydrogen-bond donors (Lipinski definition) is 1. The summed E-state index contributed by atoms with van der Waals surface area (Å²) in [5.74, 6) is 0.231. The average Bonchev–Trinajstić information content (AvgIpc) is 2.58. The summed E-state index contributed by atoms with van der Waals surface area (Å²) in [6.07, 6.45) is 6.30. The Morgan fingerprint density at radius 3 is 2.78 bits per heavy atom. The highest BCUT2D eigenvalue weighted by Crippen LogP contribution is 2.17. The Morgan fingerprint density at radius 2 is 2.17 bits per heavy atom. The standard InChI is InChI=1S/C18H30N4O/c1-15(19)6-7-18(23)21(2)17-9-13-22(14-10-17)12-8-16-5-3-4-11-20-16/h3-5,11,15,17H,6-10,12-14,19H2,1-2H3. The van der Waals surface area contributed by atoms with Crippen LogP contribution in [0.2, 0.25) is 0 Å². The van der Waals surface area contributed by atoms with E-state index in [1.165, 1.54) is 0 Å². The van der Waals surface area contributed by atoms with Crippen LogP contribution in [0.1, 0.15) is 38.3 Å². The maximum absolute atomic E-state index is 12.2. The van der Waals surface area contributed by atoms with Crippen LogP contribution in [0.4, 0.5) is 0 Å². The van der Waals surface area contributed by atoms with Gasteiger partial charge in [0.2, 0.25) is 5.91 Å². The molecule has 1 aromatic rings. The van der Waals surface area contributed by atoms with Gasteiger partial charge in [-0.25, -0.2) is 0 Å². The number of likely N-dealkylation sites (tertiary alicyclic amines) is 1. The Morgan fingerprint density at radius 1 is 1.43 bits per heavy atom. The first-order valence-corrected chi connectivity index (χ1v) is 8.69. The van der Waals surface area contributed by atoms with Crippen molar-refractivity contribution in [3.05, 3.63) is 30.1 Å². The maximum atomic E-state index is 12.2. The van der Waals surface area contributed by atoms with Crippen LogP contribution in [0.15, 0.2) is 24.4 Å². The monoisotopic (exact) mass is 318 g/mol. The molecule has 1 fully saturated rings. The SMILES string of the molecule is CC(N)CCC(=O)N(C)C1CCN(CCc2ccccn2)CC1. The fourth-order valence-electron chi connectivity index (χ4n) is 3.08. The van der Waals surface area contributed by atoms with Crippen molar-refractivity contribution in [2.45, 2.75) is 51.1 Å². The highest BCUT2D eigenvalue weighted by molar-refractivity contribution is 5.76. The quantitative estimate of drug-likeness (QED) is 0.831. The van der Waals surface area contributed by atoms with Gasteiger partial charge < -0.3 is 15.5 Å². The normalized spacial score (nSPS) is 17.9. The third-order valence-corrected chi connectivity index (χ3v) is 4.72. The highest BCUT2D eigenvalue weighted by Gasteiger charge is 2.25. The lowest BCUT2D eigenvalue weighted by molar-refractivity contribution is -0.133. The van der Waals surface area contributed by atoms with Crippen molar-refractivity contribution in [2.75, 3.05) is 26.7 Å². The fourth-order valence-corrected chi connectivity index (χ4v) is 3.08. The molecule has 2 heterocycles. The third-order valence-electron chi connectivity index (χ3n) is 4.72. The van der Waals surface area contributed by atoms with Gasteiger partial charge in [0.15, 0.2) is 0 Å². The predicted octanol–water partition coefficient (Wildman–Crippen LogP) is 1.67. The number of carbonyl (C=O) groups excluding carboxylic acids is 1. The zero-order valence-electron chi connectivity index (χ0n) is 14.4. The molecule has 0 radical (unpaired) electrons. The molecule has 2 N–H and O–H groups in total. The summed E-state index contributed by atoms with van der Waals surface area (Å²) >= 11 is 0. The Hall–Kier alpha value is -1.46. The molecule has 1 aromatic heterocycles. The topological polar surface area (TPSA) is 62.5 Å². The summed E-state index contributed by atoms with van der Waals surface area (Å²) in [5, 5.41) is 0. The summed E-state index contributed by atoms with van der Waals surface area (Å²) < 4.78 is 0. The van der Waals surface area contributed by atoms with Crippen molar-refractivity contribution < 1.29 is 4.79 Å². The first kappa shape index (κ1) is 17.9. The number of nitrogens with two attached hydrogens (primary N) is 1. The predicted molar refractivity (Wildman–Crippen MR) is 93.1 cm³/mol. The number of piperidine rings is 1. The van der Waals surface area contributed by atoms with E-state index >= 15 is 0 Å². The molecule has 2 rings (SSSR count). The number of hydrogen-bond acceptors (Lipinski definition) is 4. The van der Waals surface area contributed by atoms with Gasteiger partial charge in [-0.05, 0) is 38.3 Å². The molecule has 0 spiro atoms. The van der Waals surface area contributed by atoms with E-state index in [2.05, 4.69) is 16.0 Å². The van der Waals surface area contributed by atoms with Gasteiger partial charge >= 0.3 is 0 Å². The Labute approximate surface area is 139 Å². The van der Waals surface area contributed by atoms with Crippen molar-refractivity contribution in [1.82, 2.24) is 14.8 Å². The number of aromatic nitrogens is 1. The number of nitrogens with zero attached hydrogens (tertiary/aromatic N) is 3. The van der Waals surface area contributed by atoms with Gasteiger partial charge in [0.05, 0.1) is 0 Å². The molecule has 0 aliphatic carbocycles. The van der Waals surface area contributed by atoms with Gasteiger partial charge in [-0.1, -0.05) is 6.07 Å². The smallest absolute Gasteiger partial charge is 0.222 e. The summed E-state index contributed by atoms with van der Waals surface area (Å²) in [6.45, 7) is 5.12. The first-order valence-electron chi connectivity index (χ1n) is 8.69. The molecule has 5 nitrogen and oxygen atoms in total. The van der Waals surface area contributed by atoms with E-state index in [9.17, 15) is 4.79 Å². The van der Waals surface area contributed by atoms with E-state index in [0.29, 0.717) is 12.5 Å². The molecule has 1 amide bonds. The average molecular weight is 318 g/mol. The van der Waals surface area contributed by atoms with Gasteiger partial charge in [0.1, 0.15) is 0 Å². The van der Waals surface area contributed by atoms with E-state index < -0.39 is 0 Å². The fraction of sp³-hybridized carbons (Fsp3) is 0.667. The summed E-state index contributed by atoms with van der Waals surface area (Å²) in [4.78, 5) is 21.0. The van der Waals surface area contributed by atoms with Crippen LogP contribution in [0.5, 0.6) is 0 Å². The lowest BCUT2D eigenvalue weighted by Crippen LogP contribution is -2.46. The van der Waals surface area contributed by atoms with Crippen LogP contribution in [0.25, 0.3) is 0 Å². The zero-order chi connectivity index (χ0) is 16.7. The van der Waals surface area contributed by atoms with Crippen molar-refractivity contribution >= 4 is 5.91 Å². The minimum atomic E-state index is 0.0980. The van der Waals surface area contributed by atoms with Crippen LogP contribution < -0.4 is 5.73 Å². The van der Waals surface area contributed by atoms with Crippen molar-refractivity contribution in [3.63, 3.8) is 0 Å². The second-order valence-corrected chi connectivity index (χ2v) is 6.66. The molecule has 0 bridgehead atoms. The third kappa shape index (κ3) is 5.92. The summed E-state index contributed by atoms with van der Waals surface area (Å²) in [7, 11) is 1.94. The van der Waals surface area contributed by atoms with E-state index in [1.54, 1.807) is 0 Å². The van der Waals surface area contributed by atoms with Crippen LogP contribution in [0, 0.1) is 0 Å². The second-order valence-electron chi connectivity index (χ2n) is 6.66. The molecule has 0 saturated carbocycles. The molecule has 0 aromatic carbocycles. The van der Waals surface area contributed by atoms with Crippen LogP contribution in [-0.2, 0) is 11.2 Å². The van der Waals surface area contributed by atoms with Crippen molar-refractivity contribution in [3.8, 4) is 0 Å². The molecule has 1 saturated heterocycles. The minimum absolute atomic E-state index is 0.0980. The molecule has 1 aliphatic rings. The minimum Gasteiger partial charge on any atom is -0.343 e. The molecule has 1 unspecified atom stereocenters. The molecular formula is C18H30N4O. The first-order chi connectivity index (χ1) is 11.1. The number of carbonyl (C=O) groups is 1. The van der Waals surface area contributed by atoms with E-state index in [0.717, 1.165) is 51.0 Å². The Kier molecular flexibility index (Phi) is 6.99. The van der Waals surface area contributed by atoms with Gasteiger partial charge in [0, 0.05) is 63.5 Å². The Balaban J connectivity index is 1.69. The molecule has 1 atom stereocenters. The van der Waals surface area contributed by atoms with E-state index in [1.807, 2.05) is 37.2 Å². The molecule has 5 heteroatoms. The summed E-state index contributed by atoms with van der Waals surface area (Å²) in [6, 6.07) is 6.55. The molecule has 23 heavy (non-hydrogen) atoms. The molecular weight excluding hydrogens is 288 g/mol. The number of amides is 1. The van der Waals surface area contributed by atoms with Gasteiger partial charge in [-0.3, -0.25) is 9.78 Å². The van der Waals surface area contributed by atoms with Crippen molar-refractivity contribution in [2.24, 2.45) is 5.73 Å². The van der Waals surface area contributed by atoms with Gasteiger partial charge in [-0.2, -0.15) is 0 Å². The molecule has 128 valence electrons. The van der Waals surface area contributed by atoms with Gasteiger partial charge in [0.25, 0.3) is 0 Å². The Bertz CT molecular complexity index is 469. The number of pyridine rings is 1. The maximum Gasteiger partial charge on any atom is 0.222 e.